The van der Waals surface area contributed by atoms with E-state index in [2.05, 4.69) is 25.4 Å². The molecule has 0 heterocycles. The average molecular weight is 401 g/mol. The molecule has 0 aliphatic rings. The Balaban J connectivity index is 3.27. The first-order valence-electron chi connectivity index (χ1n) is 5.42. The summed E-state index contributed by atoms with van der Waals surface area (Å²) in [5.41, 5.74) is -0.378. The number of sulfonamides is 1. The highest BCUT2D eigenvalue weighted by Gasteiger charge is 2.25. The molecule has 0 aliphatic heterocycles. The van der Waals surface area contributed by atoms with E-state index in [4.69, 9.17) is 16.7 Å². The molecule has 1 aromatic carbocycles. The number of carboxylic acid groups (broad SMARTS) is 1. The Kier molecular flexibility index (Phi) is 5.74. The molecule has 0 saturated heterocycles. The van der Waals surface area contributed by atoms with Crippen LogP contribution in [0, 0.1) is 0 Å². The zero-order chi connectivity index (χ0) is 16.4. The Bertz CT molecular complexity index is 690. The minimum Gasteiger partial charge on any atom is -0.478 e. The lowest BCUT2D eigenvalue weighted by molar-refractivity contribution is -0.142. The van der Waals surface area contributed by atoms with Crippen molar-refractivity contribution >= 4 is 49.5 Å². The number of hydrogen-bond donors (Lipinski definition) is 2. The number of halogens is 2. The fraction of sp³-hybridized carbons (Fsp3) is 0.273. The zero-order valence-electron chi connectivity index (χ0n) is 10.9. The predicted octanol–water partition coefficient (Wildman–Crippen LogP) is 1.64. The van der Waals surface area contributed by atoms with Crippen LogP contribution in [0.5, 0.6) is 0 Å². The van der Waals surface area contributed by atoms with Crippen molar-refractivity contribution in [2.45, 2.75) is 17.9 Å². The van der Waals surface area contributed by atoms with Gasteiger partial charge in [0, 0.05) is 4.47 Å². The van der Waals surface area contributed by atoms with Gasteiger partial charge in [0.15, 0.2) is 0 Å². The first-order chi connectivity index (χ1) is 9.60. The van der Waals surface area contributed by atoms with E-state index in [0.29, 0.717) is 0 Å². The molecule has 0 aliphatic carbocycles. The summed E-state index contributed by atoms with van der Waals surface area (Å²) < 4.78 is 30.8. The second-order valence-corrected chi connectivity index (χ2v) is 6.88. The van der Waals surface area contributed by atoms with Gasteiger partial charge in [-0.3, -0.25) is 4.79 Å². The molecule has 0 bridgehead atoms. The lowest BCUT2D eigenvalue weighted by Crippen LogP contribution is -2.39. The second kappa shape index (κ2) is 6.73. The number of esters is 1. The van der Waals surface area contributed by atoms with E-state index < -0.39 is 28.0 Å². The first-order valence-corrected chi connectivity index (χ1v) is 8.08. The Morgan fingerprint density at radius 3 is 2.48 bits per heavy atom. The summed E-state index contributed by atoms with van der Waals surface area (Å²) in [7, 11) is -2.99. The first kappa shape index (κ1) is 17.9. The number of benzene rings is 1. The van der Waals surface area contributed by atoms with Crippen molar-refractivity contribution in [3.63, 3.8) is 0 Å². The van der Waals surface area contributed by atoms with E-state index in [0.717, 1.165) is 19.2 Å². The van der Waals surface area contributed by atoms with Crippen LogP contribution >= 0.6 is 27.5 Å². The number of rotatable bonds is 5. The van der Waals surface area contributed by atoms with Gasteiger partial charge < -0.3 is 9.84 Å². The largest absolute Gasteiger partial charge is 0.478 e. The van der Waals surface area contributed by atoms with E-state index in [1.807, 2.05) is 0 Å². The third-order valence-electron chi connectivity index (χ3n) is 2.43. The summed E-state index contributed by atoms with van der Waals surface area (Å²) in [6.07, 6.45) is 0. The van der Waals surface area contributed by atoms with Crippen LogP contribution in [0.1, 0.15) is 17.3 Å². The molecule has 0 spiro atoms. The van der Waals surface area contributed by atoms with Gasteiger partial charge >= 0.3 is 11.9 Å². The number of ether oxygens (including phenoxy) is 1. The number of carbonyl (C=O) groups is 2. The molecule has 0 unspecified atom stereocenters. The number of hydrogen-bond acceptors (Lipinski definition) is 5. The average Bonchev–Trinajstić information content (AvgIpc) is 2.39. The normalized spacial score (nSPS) is 12.8. The Morgan fingerprint density at radius 1 is 1.43 bits per heavy atom. The summed E-state index contributed by atoms with van der Waals surface area (Å²) >= 11 is 8.76. The lowest BCUT2D eigenvalue weighted by atomic mass is 10.2. The molecule has 1 rings (SSSR count). The van der Waals surface area contributed by atoms with Crippen LogP contribution in [0.15, 0.2) is 21.5 Å². The van der Waals surface area contributed by atoms with Crippen LogP contribution in [0.2, 0.25) is 5.02 Å². The van der Waals surface area contributed by atoms with Gasteiger partial charge in [0.1, 0.15) is 6.04 Å². The molecule has 10 heteroatoms. The molecule has 116 valence electrons. The highest BCUT2D eigenvalue weighted by molar-refractivity contribution is 9.10. The molecule has 1 aromatic rings. The van der Waals surface area contributed by atoms with Gasteiger partial charge in [0.25, 0.3) is 0 Å². The zero-order valence-corrected chi connectivity index (χ0v) is 14.0. The summed E-state index contributed by atoms with van der Waals surface area (Å²) in [6, 6.07) is 0.922. The maximum Gasteiger partial charge on any atom is 0.337 e. The van der Waals surface area contributed by atoms with Crippen molar-refractivity contribution in [1.82, 2.24) is 4.72 Å². The molecule has 21 heavy (non-hydrogen) atoms. The van der Waals surface area contributed by atoms with E-state index in [9.17, 15) is 18.0 Å². The number of carboxylic acids is 1. The highest BCUT2D eigenvalue weighted by atomic mass is 79.9. The lowest BCUT2D eigenvalue weighted by Gasteiger charge is -2.13. The van der Waals surface area contributed by atoms with Crippen LogP contribution in [0.25, 0.3) is 0 Å². The van der Waals surface area contributed by atoms with Crippen molar-refractivity contribution in [3.05, 3.63) is 27.2 Å². The third kappa shape index (κ3) is 4.16. The summed E-state index contributed by atoms with van der Waals surface area (Å²) in [4.78, 5) is 21.9. The fourth-order valence-electron chi connectivity index (χ4n) is 1.40. The van der Waals surface area contributed by atoms with E-state index in [1.165, 1.54) is 6.92 Å². The Hall–Kier alpha value is -1.16. The van der Waals surface area contributed by atoms with Crippen molar-refractivity contribution in [2.75, 3.05) is 7.11 Å². The van der Waals surface area contributed by atoms with Crippen LogP contribution in [-0.2, 0) is 19.6 Å². The minimum atomic E-state index is -4.11. The second-order valence-electron chi connectivity index (χ2n) is 3.94. The van der Waals surface area contributed by atoms with Crippen LogP contribution in [0.4, 0.5) is 0 Å². The number of carbonyl (C=O) groups excluding carboxylic acids is 1. The molecule has 0 aromatic heterocycles. The Labute approximate surface area is 134 Å². The molecule has 0 fully saturated rings. The van der Waals surface area contributed by atoms with Crippen LogP contribution < -0.4 is 4.72 Å². The quantitative estimate of drug-likeness (QED) is 0.727. The maximum atomic E-state index is 12.1. The van der Waals surface area contributed by atoms with Crippen molar-refractivity contribution in [3.8, 4) is 0 Å². The van der Waals surface area contributed by atoms with Gasteiger partial charge in [0.05, 0.1) is 22.6 Å². The maximum absolute atomic E-state index is 12.1. The number of methoxy groups -OCH3 is 1. The van der Waals surface area contributed by atoms with Gasteiger partial charge in [-0.15, -0.1) is 0 Å². The van der Waals surface area contributed by atoms with Gasteiger partial charge in [-0.2, -0.15) is 4.72 Å². The fourth-order valence-corrected chi connectivity index (χ4v) is 3.45. The van der Waals surface area contributed by atoms with Crippen molar-refractivity contribution in [1.29, 1.82) is 0 Å². The summed E-state index contributed by atoms with van der Waals surface area (Å²) in [5, 5.41) is 8.87. The standard InChI is InChI=1S/C11H11BrClNO6S/c1-5(11(17)20-2)14-21(18,19)6-3-7(10(15)16)9(13)8(12)4-6/h3-5,14H,1-2H3,(H,15,16)/t5-/m0/s1. The Morgan fingerprint density at radius 2 is 2.00 bits per heavy atom. The third-order valence-corrected chi connectivity index (χ3v) is 5.21. The van der Waals surface area contributed by atoms with Crippen molar-refractivity contribution in [2.24, 2.45) is 0 Å². The van der Waals surface area contributed by atoms with E-state index >= 15 is 0 Å². The number of aromatic carboxylic acids is 1. The molecular formula is C11H11BrClNO6S. The SMILES string of the molecule is COC(=O)[C@H](C)NS(=O)(=O)c1cc(Br)c(Cl)c(C(=O)O)c1. The van der Waals surface area contributed by atoms with Crippen LogP contribution in [0.3, 0.4) is 0 Å². The van der Waals surface area contributed by atoms with Gasteiger partial charge in [-0.1, -0.05) is 11.6 Å². The van der Waals surface area contributed by atoms with Gasteiger partial charge in [-0.05, 0) is 35.0 Å². The smallest absolute Gasteiger partial charge is 0.337 e. The summed E-state index contributed by atoms with van der Waals surface area (Å²) in [5.74, 6) is -2.15. The summed E-state index contributed by atoms with van der Waals surface area (Å²) in [6.45, 7) is 1.30. The molecule has 0 amide bonds. The van der Waals surface area contributed by atoms with E-state index in [-0.39, 0.29) is 20.0 Å². The van der Waals surface area contributed by atoms with Crippen molar-refractivity contribution < 1.29 is 27.9 Å². The van der Waals surface area contributed by atoms with Gasteiger partial charge in [-0.25, -0.2) is 13.2 Å². The van der Waals surface area contributed by atoms with Crippen LogP contribution in [-0.4, -0.2) is 38.6 Å². The number of nitrogens with one attached hydrogen (secondary N) is 1. The highest BCUT2D eigenvalue weighted by Crippen LogP contribution is 2.30. The molecular weight excluding hydrogens is 390 g/mol. The molecule has 2 N–H and O–H groups in total. The molecule has 0 saturated carbocycles. The molecule has 0 radical (unpaired) electrons. The minimum absolute atomic E-state index is 0.107. The monoisotopic (exact) mass is 399 g/mol. The molecule has 1 atom stereocenters. The van der Waals surface area contributed by atoms with Gasteiger partial charge in [0.2, 0.25) is 10.0 Å². The molecule has 7 nitrogen and oxygen atoms in total. The van der Waals surface area contributed by atoms with E-state index in [1.54, 1.807) is 0 Å². The predicted molar refractivity (Wildman–Crippen MR) is 77.9 cm³/mol. The topological polar surface area (TPSA) is 110 Å².